The molecular formula is C22H29Cl4FN2O. The van der Waals surface area contributed by atoms with Gasteiger partial charge in [-0.2, -0.15) is 0 Å². The van der Waals surface area contributed by atoms with Crippen LogP contribution in [0.2, 0.25) is 5.02 Å². The molecule has 0 radical (unpaired) electrons. The Morgan fingerprint density at radius 3 is 2.33 bits per heavy atom. The molecule has 1 aliphatic carbocycles. The van der Waals surface area contributed by atoms with Crippen LogP contribution in [0.3, 0.4) is 0 Å². The topological polar surface area (TPSA) is 15.7 Å². The van der Waals surface area contributed by atoms with Crippen LogP contribution in [0.4, 0.5) is 10.1 Å². The summed E-state index contributed by atoms with van der Waals surface area (Å²) in [6, 6.07) is 11.6. The van der Waals surface area contributed by atoms with Crippen LogP contribution in [0.25, 0.3) is 0 Å². The highest BCUT2D eigenvalue weighted by Crippen LogP contribution is 2.29. The number of aryl methyl sites for hydroxylation is 2. The van der Waals surface area contributed by atoms with E-state index >= 15 is 0 Å². The van der Waals surface area contributed by atoms with E-state index in [0.717, 1.165) is 69.0 Å². The molecule has 2 aliphatic rings. The number of fused-ring (bicyclic) bond motifs is 1. The van der Waals surface area contributed by atoms with Gasteiger partial charge in [0.25, 0.3) is 0 Å². The summed E-state index contributed by atoms with van der Waals surface area (Å²) in [6.45, 7) is 5.60. The molecule has 30 heavy (non-hydrogen) atoms. The lowest BCUT2D eigenvalue weighted by Crippen LogP contribution is -2.46. The van der Waals surface area contributed by atoms with Gasteiger partial charge in [0.2, 0.25) is 0 Å². The first kappa shape index (κ1) is 27.1. The molecule has 0 N–H and O–H groups in total. The van der Waals surface area contributed by atoms with Crippen molar-refractivity contribution in [2.45, 2.75) is 25.7 Å². The summed E-state index contributed by atoms with van der Waals surface area (Å²) in [5.41, 5.74) is 3.60. The number of halogens is 5. The Hall–Kier alpha value is -0.910. The molecular weight excluding hydrogens is 469 g/mol. The van der Waals surface area contributed by atoms with Gasteiger partial charge in [-0.3, -0.25) is 4.90 Å². The Balaban J connectivity index is 0.00000150. The predicted octanol–water partition coefficient (Wildman–Crippen LogP) is 5.82. The summed E-state index contributed by atoms with van der Waals surface area (Å²) >= 11 is 6.09. The minimum Gasteiger partial charge on any atom is -0.490 e. The summed E-state index contributed by atoms with van der Waals surface area (Å²) in [4.78, 5) is 4.82. The third-order valence-electron chi connectivity index (χ3n) is 5.57. The average molecular weight is 498 g/mol. The summed E-state index contributed by atoms with van der Waals surface area (Å²) < 4.78 is 19.8. The number of benzene rings is 2. The van der Waals surface area contributed by atoms with Crippen molar-refractivity contribution in [2.24, 2.45) is 0 Å². The van der Waals surface area contributed by atoms with E-state index in [1.165, 1.54) is 11.3 Å². The van der Waals surface area contributed by atoms with E-state index in [0.29, 0.717) is 12.4 Å². The molecule has 1 fully saturated rings. The van der Waals surface area contributed by atoms with Crippen LogP contribution in [-0.4, -0.2) is 44.2 Å². The standard InChI is InChI=1S/C22H26ClFN2O.3ClH/c23-19-6-2-7-20(16-19)26-11-9-25(10-12-26)8-3-13-27-22-15-18-5-1-4-17(18)14-21(22)24;;;/h2,6-7,14-16H,1,3-5,8-13H2;3*1H. The number of ether oxygens (including phenoxy) is 1. The zero-order valence-electron chi connectivity index (χ0n) is 16.8. The number of anilines is 1. The number of rotatable bonds is 6. The maximum absolute atomic E-state index is 14.1. The summed E-state index contributed by atoms with van der Waals surface area (Å²) in [5, 5.41) is 0.783. The molecule has 1 saturated heterocycles. The van der Waals surface area contributed by atoms with Gasteiger partial charge in [0.15, 0.2) is 11.6 Å². The number of piperazine rings is 1. The fourth-order valence-electron chi connectivity index (χ4n) is 4.05. The second-order valence-corrected chi connectivity index (χ2v) is 7.85. The molecule has 1 aliphatic heterocycles. The fourth-order valence-corrected chi connectivity index (χ4v) is 4.24. The maximum Gasteiger partial charge on any atom is 0.165 e. The van der Waals surface area contributed by atoms with Crippen molar-refractivity contribution >= 4 is 54.5 Å². The summed E-state index contributed by atoms with van der Waals surface area (Å²) in [5.74, 6) is 0.201. The second kappa shape index (κ2) is 12.8. The maximum atomic E-state index is 14.1. The Bertz CT molecular complexity index is 801. The van der Waals surface area contributed by atoms with Crippen LogP contribution in [0, 0.1) is 5.82 Å². The smallest absolute Gasteiger partial charge is 0.165 e. The fraction of sp³-hybridized carbons (Fsp3) is 0.455. The van der Waals surface area contributed by atoms with E-state index in [2.05, 4.69) is 15.9 Å². The first-order valence-electron chi connectivity index (χ1n) is 9.86. The third kappa shape index (κ3) is 6.80. The van der Waals surface area contributed by atoms with Crippen molar-refractivity contribution < 1.29 is 9.13 Å². The molecule has 3 nitrogen and oxygen atoms in total. The zero-order chi connectivity index (χ0) is 18.6. The zero-order valence-corrected chi connectivity index (χ0v) is 20.0. The minimum atomic E-state index is -0.217. The average Bonchev–Trinajstić information content (AvgIpc) is 3.13. The van der Waals surface area contributed by atoms with Crippen LogP contribution in [0.1, 0.15) is 24.0 Å². The first-order chi connectivity index (χ1) is 13.2. The molecule has 8 heteroatoms. The molecule has 0 saturated carbocycles. The molecule has 0 aromatic heterocycles. The first-order valence-corrected chi connectivity index (χ1v) is 10.2. The number of nitrogens with zero attached hydrogens (tertiary/aromatic N) is 2. The van der Waals surface area contributed by atoms with Gasteiger partial charge >= 0.3 is 0 Å². The Kier molecular flexibility index (Phi) is 11.6. The van der Waals surface area contributed by atoms with Gasteiger partial charge in [0.1, 0.15) is 0 Å². The lowest BCUT2D eigenvalue weighted by Gasteiger charge is -2.36. The van der Waals surface area contributed by atoms with Crippen LogP contribution >= 0.6 is 48.8 Å². The number of hydrogen-bond acceptors (Lipinski definition) is 3. The van der Waals surface area contributed by atoms with E-state index < -0.39 is 0 Å². The molecule has 2 aromatic rings. The van der Waals surface area contributed by atoms with Crippen molar-refractivity contribution in [1.82, 2.24) is 4.90 Å². The molecule has 4 rings (SSSR count). The largest absolute Gasteiger partial charge is 0.490 e. The highest BCUT2D eigenvalue weighted by atomic mass is 35.5. The normalized spacial score (nSPS) is 15.5. The van der Waals surface area contributed by atoms with Gasteiger partial charge in [0, 0.05) is 43.4 Å². The van der Waals surface area contributed by atoms with Gasteiger partial charge in [-0.1, -0.05) is 17.7 Å². The van der Waals surface area contributed by atoms with E-state index in [1.807, 2.05) is 24.3 Å². The quantitative estimate of drug-likeness (QED) is 0.467. The van der Waals surface area contributed by atoms with Crippen LogP contribution in [0.15, 0.2) is 36.4 Å². The minimum absolute atomic E-state index is 0. The van der Waals surface area contributed by atoms with Gasteiger partial charge in [-0.25, -0.2) is 4.39 Å². The van der Waals surface area contributed by atoms with Crippen molar-refractivity contribution in [3.8, 4) is 5.75 Å². The van der Waals surface area contributed by atoms with Crippen LogP contribution < -0.4 is 9.64 Å². The van der Waals surface area contributed by atoms with Crippen molar-refractivity contribution in [2.75, 3.05) is 44.2 Å². The van der Waals surface area contributed by atoms with Crippen LogP contribution in [0.5, 0.6) is 5.75 Å². The van der Waals surface area contributed by atoms with Gasteiger partial charge in [-0.15, -0.1) is 37.2 Å². The second-order valence-electron chi connectivity index (χ2n) is 7.42. The molecule has 1 heterocycles. The van der Waals surface area contributed by atoms with Gasteiger partial charge in [0.05, 0.1) is 6.61 Å². The SMILES string of the molecule is Cl.Cl.Cl.Fc1cc2c(cc1OCCCN1CCN(c3cccc(Cl)c3)CC1)CCC2. The molecule has 0 bridgehead atoms. The lowest BCUT2D eigenvalue weighted by molar-refractivity contribution is 0.221. The van der Waals surface area contributed by atoms with Crippen molar-refractivity contribution in [3.05, 3.63) is 58.4 Å². The molecule has 0 amide bonds. The van der Waals surface area contributed by atoms with Crippen LogP contribution in [-0.2, 0) is 12.8 Å². The predicted molar refractivity (Wildman–Crippen MR) is 130 cm³/mol. The molecule has 0 unspecified atom stereocenters. The van der Waals surface area contributed by atoms with Gasteiger partial charge < -0.3 is 9.64 Å². The lowest BCUT2D eigenvalue weighted by atomic mass is 10.1. The Morgan fingerprint density at radius 1 is 0.933 bits per heavy atom. The molecule has 0 atom stereocenters. The van der Waals surface area contributed by atoms with E-state index in [4.69, 9.17) is 16.3 Å². The highest BCUT2D eigenvalue weighted by Gasteiger charge is 2.18. The highest BCUT2D eigenvalue weighted by molar-refractivity contribution is 6.30. The molecule has 0 spiro atoms. The van der Waals surface area contributed by atoms with Crippen molar-refractivity contribution in [1.29, 1.82) is 0 Å². The molecule has 168 valence electrons. The van der Waals surface area contributed by atoms with Crippen molar-refractivity contribution in [3.63, 3.8) is 0 Å². The number of hydrogen-bond donors (Lipinski definition) is 0. The summed E-state index contributed by atoms with van der Waals surface area (Å²) in [6.07, 6.45) is 4.07. The summed E-state index contributed by atoms with van der Waals surface area (Å²) in [7, 11) is 0. The van der Waals surface area contributed by atoms with Gasteiger partial charge in [-0.05, 0) is 67.1 Å². The van der Waals surface area contributed by atoms with E-state index in [9.17, 15) is 4.39 Å². The molecule has 2 aromatic carbocycles. The van der Waals surface area contributed by atoms with E-state index in [-0.39, 0.29) is 43.0 Å². The Labute approximate surface area is 202 Å². The third-order valence-corrected chi connectivity index (χ3v) is 5.80. The van der Waals surface area contributed by atoms with E-state index in [1.54, 1.807) is 6.07 Å². The Morgan fingerprint density at radius 2 is 1.63 bits per heavy atom. The monoisotopic (exact) mass is 496 g/mol.